The maximum Gasteiger partial charge on any atom is 0.237 e. The van der Waals surface area contributed by atoms with E-state index in [9.17, 15) is 4.79 Å². The van der Waals surface area contributed by atoms with Crippen LogP contribution in [0.4, 0.5) is 0 Å². The van der Waals surface area contributed by atoms with Crippen molar-refractivity contribution in [2.45, 2.75) is 64.5 Å². The van der Waals surface area contributed by atoms with Crippen molar-refractivity contribution < 1.29 is 4.79 Å². The van der Waals surface area contributed by atoms with Gasteiger partial charge in [-0.1, -0.05) is 26.7 Å². The Balaban J connectivity index is 2.34. The van der Waals surface area contributed by atoms with Gasteiger partial charge in [-0.05, 0) is 31.6 Å². The predicted octanol–water partition coefficient (Wildman–Crippen LogP) is 1.81. The van der Waals surface area contributed by atoms with E-state index < -0.39 is 0 Å². The minimum absolute atomic E-state index is 0.0250. The van der Waals surface area contributed by atoms with Crippen molar-refractivity contribution in [1.29, 1.82) is 0 Å². The summed E-state index contributed by atoms with van der Waals surface area (Å²) in [6.07, 6.45) is 6.71. The molecular weight excluding hydrogens is 188 g/mol. The van der Waals surface area contributed by atoms with Crippen molar-refractivity contribution in [2.24, 2.45) is 11.7 Å². The van der Waals surface area contributed by atoms with E-state index in [0.717, 1.165) is 25.2 Å². The van der Waals surface area contributed by atoms with Gasteiger partial charge in [0, 0.05) is 6.04 Å². The van der Waals surface area contributed by atoms with Crippen LogP contribution in [-0.4, -0.2) is 18.0 Å². The Morgan fingerprint density at radius 3 is 2.80 bits per heavy atom. The van der Waals surface area contributed by atoms with Crippen LogP contribution in [0.1, 0.15) is 52.4 Å². The lowest BCUT2D eigenvalue weighted by Gasteiger charge is -2.18. The third-order valence-electron chi connectivity index (χ3n) is 3.38. The normalized spacial score (nSPS) is 29.3. The van der Waals surface area contributed by atoms with E-state index >= 15 is 0 Å². The van der Waals surface area contributed by atoms with Crippen molar-refractivity contribution in [3.8, 4) is 0 Å². The molecule has 0 radical (unpaired) electrons. The molecule has 0 saturated heterocycles. The van der Waals surface area contributed by atoms with Crippen LogP contribution in [0.15, 0.2) is 0 Å². The number of hydrogen-bond acceptors (Lipinski definition) is 2. The van der Waals surface area contributed by atoms with Gasteiger partial charge in [-0.2, -0.15) is 0 Å². The Morgan fingerprint density at radius 2 is 2.13 bits per heavy atom. The summed E-state index contributed by atoms with van der Waals surface area (Å²) in [7, 11) is 0. The molecule has 3 unspecified atom stereocenters. The standard InChI is InChI=1S/C12H24N2O/c1-3-11(13)12(15)14-10-6-4-5-9(2)7-8-10/h9-11H,3-8,13H2,1-2H3,(H,14,15). The predicted molar refractivity (Wildman–Crippen MR) is 62.4 cm³/mol. The highest BCUT2D eigenvalue weighted by Gasteiger charge is 2.19. The fourth-order valence-corrected chi connectivity index (χ4v) is 2.13. The number of hydrogen-bond donors (Lipinski definition) is 2. The topological polar surface area (TPSA) is 55.1 Å². The molecule has 0 heterocycles. The first-order chi connectivity index (χ1) is 7.13. The average molecular weight is 212 g/mol. The van der Waals surface area contributed by atoms with Gasteiger partial charge in [0.2, 0.25) is 5.91 Å². The second-order valence-corrected chi connectivity index (χ2v) is 4.83. The second kappa shape index (κ2) is 6.11. The van der Waals surface area contributed by atoms with Gasteiger partial charge in [0.25, 0.3) is 0 Å². The number of carbonyl (C=O) groups excluding carboxylic acids is 1. The first-order valence-corrected chi connectivity index (χ1v) is 6.19. The molecule has 0 spiro atoms. The number of amides is 1. The molecule has 0 aromatic heterocycles. The van der Waals surface area contributed by atoms with E-state index in [-0.39, 0.29) is 11.9 Å². The van der Waals surface area contributed by atoms with Crippen LogP contribution < -0.4 is 11.1 Å². The molecule has 0 aromatic rings. The van der Waals surface area contributed by atoms with Gasteiger partial charge in [0.05, 0.1) is 6.04 Å². The zero-order chi connectivity index (χ0) is 11.3. The number of rotatable bonds is 3. The smallest absolute Gasteiger partial charge is 0.237 e. The van der Waals surface area contributed by atoms with E-state index in [1.54, 1.807) is 0 Å². The second-order valence-electron chi connectivity index (χ2n) is 4.83. The molecule has 0 bridgehead atoms. The summed E-state index contributed by atoms with van der Waals surface area (Å²) in [5.41, 5.74) is 5.69. The van der Waals surface area contributed by atoms with E-state index in [1.165, 1.54) is 19.3 Å². The molecule has 3 heteroatoms. The summed E-state index contributed by atoms with van der Waals surface area (Å²) >= 11 is 0. The van der Waals surface area contributed by atoms with Gasteiger partial charge in [-0.15, -0.1) is 0 Å². The Labute approximate surface area is 92.8 Å². The van der Waals surface area contributed by atoms with Gasteiger partial charge in [0.1, 0.15) is 0 Å². The average Bonchev–Trinajstić information content (AvgIpc) is 2.42. The van der Waals surface area contributed by atoms with E-state index in [0.29, 0.717) is 6.04 Å². The van der Waals surface area contributed by atoms with Crippen LogP contribution in [0.2, 0.25) is 0 Å². The lowest BCUT2D eigenvalue weighted by Crippen LogP contribution is -2.44. The largest absolute Gasteiger partial charge is 0.352 e. The highest BCUT2D eigenvalue weighted by molar-refractivity contribution is 5.81. The molecule has 1 aliphatic rings. The lowest BCUT2D eigenvalue weighted by atomic mass is 10.0. The van der Waals surface area contributed by atoms with Gasteiger partial charge in [-0.3, -0.25) is 4.79 Å². The van der Waals surface area contributed by atoms with Gasteiger partial charge >= 0.3 is 0 Å². The molecule has 0 aliphatic heterocycles. The number of nitrogens with one attached hydrogen (secondary N) is 1. The summed E-state index contributed by atoms with van der Waals surface area (Å²) in [5, 5.41) is 3.07. The van der Waals surface area contributed by atoms with Crippen molar-refractivity contribution in [1.82, 2.24) is 5.32 Å². The van der Waals surface area contributed by atoms with Gasteiger partial charge in [0.15, 0.2) is 0 Å². The van der Waals surface area contributed by atoms with Crippen LogP contribution >= 0.6 is 0 Å². The van der Waals surface area contributed by atoms with Crippen molar-refractivity contribution in [2.75, 3.05) is 0 Å². The van der Waals surface area contributed by atoms with Crippen LogP contribution in [0.5, 0.6) is 0 Å². The third-order valence-corrected chi connectivity index (χ3v) is 3.38. The van der Waals surface area contributed by atoms with Crippen LogP contribution in [-0.2, 0) is 4.79 Å². The third kappa shape index (κ3) is 4.20. The van der Waals surface area contributed by atoms with Crippen LogP contribution in [0.25, 0.3) is 0 Å². The van der Waals surface area contributed by atoms with Crippen LogP contribution in [0.3, 0.4) is 0 Å². The number of nitrogens with two attached hydrogens (primary N) is 1. The zero-order valence-electron chi connectivity index (χ0n) is 9.96. The minimum Gasteiger partial charge on any atom is -0.352 e. The summed E-state index contributed by atoms with van der Waals surface area (Å²) in [6, 6.07) is 0.0331. The molecule has 1 amide bonds. The Hall–Kier alpha value is -0.570. The number of carbonyl (C=O) groups is 1. The fourth-order valence-electron chi connectivity index (χ4n) is 2.13. The molecule has 3 nitrogen and oxygen atoms in total. The molecular formula is C12H24N2O. The van der Waals surface area contributed by atoms with Gasteiger partial charge < -0.3 is 11.1 Å². The van der Waals surface area contributed by atoms with E-state index in [4.69, 9.17) is 5.73 Å². The maximum atomic E-state index is 11.6. The molecule has 3 atom stereocenters. The molecule has 0 aromatic carbocycles. The lowest BCUT2D eigenvalue weighted by molar-refractivity contribution is -0.123. The first kappa shape index (κ1) is 12.5. The van der Waals surface area contributed by atoms with E-state index in [2.05, 4.69) is 12.2 Å². The SMILES string of the molecule is CCC(N)C(=O)NC1CCCC(C)CC1. The first-order valence-electron chi connectivity index (χ1n) is 6.19. The minimum atomic E-state index is -0.328. The highest BCUT2D eigenvalue weighted by Crippen LogP contribution is 2.22. The monoisotopic (exact) mass is 212 g/mol. The summed E-state index contributed by atoms with van der Waals surface area (Å²) in [5.74, 6) is 0.837. The quantitative estimate of drug-likeness (QED) is 0.701. The summed E-state index contributed by atoms with van der Waals surface area (Å²) < 4.78 is 0. The van der Waals surface area contributed by atoms with Crippen LogP contribution in [0, 0.1) is 5.92 Å². The molecule has 1 saturated carbocycles. The highest BCUT2D eigenvalue weighted by atomic mass is 16.2. The molecule has 15 heavy (non-hydrogen) atoms. The maximum absolute atomic E-state index is 11.6. The summed E-state index contributed by atoms with van der Waals surface area (Å²) in [6.45, 7) is 4.24. The fraction of sp³-hybridized carbons (Fsp3) is 0.917. The molecule has 88 valence electrons. The molecule has 1 rings (SSSR count). The molecule has 1 aliphatic carbocycles. The molecule has 3 N–H and O–H groups in total. The molecule has 1 fully saturated rings. The van der Waals surface area contributed by atoms with E-state index in [1.807, 2.05) is 6.92 Å². The van der Waals surface area contributed by atoms with Gasteiger partial charge in [-0.25, -0.2) is 0 Å². The van der Waals surface area contributed by atoms with Crippen molar-refractivity contribution in [3.05, 3.63) is 0 Å². The Morgan fingerprint density at radius 1 is 1.40 bits per heavy atom. The van der Waals surface area contributed by atoms with Crippen molar-refractivity contribution in [3.63, 3.8) is 0 Å². The Bertz CT molecular complexity index is 206. The van der Waals surface area contributed by atoms with Crippen molar-refractivity contribution >= 4 is 5.91 Å². The summed E-state index contributed by atoms with van der Waals surface area (Å²) in [4.78, 5) is 11.6. The zero-order valence-corrected chi connectivity index (χ0v) is 9.96. The Kier molecular flexibility index (Phi) is 5.09.